The van der Waals surface area contributed by atoms with Crippen LogP contribution in [0.5, 0.6) is 5.75 Å². The number of hydrogen-bond acceptors (Lipinski definition) is 2. The maximum absolute atomic E-state index is 9.38. The van der Waals surface area contributed by atoms with Gasteiger partial charge < -0.3 is 5.11 Å². The Morgan fingerprint density at radius 3 is 2.19 bits per heavy atom. The SMILES string of the molecule is CCC.Cc1cc(Cc2ccc(O)cc2C)ccc1C#N. The molecule has 0 atom stereocenters. The fraction of sp³-hybridized carbons (Fsp3) is 0.316. The van der Waals surface area contributed by atoms with Gasteiger partial charge in [-0.3, -0.25) is 0 Å². The van der Waals surface area contributed by atoms with Crippen LogP contribution in [0.15, 0.2) is 36.4 Å². The van der Waals surface area contributed by atoms with E-state index >= 15 is 0 Å². The van der Waals surface area contributed by atoms with Gasteiger partial charge in [0, 0.05) is 0 Å². The molecule has 0 aromatic heterocycles. The van der Waals surface area contributed by atoms with Crippen LogP contribution in [0.1, 0.15) is 48.1 Å². The van der Waals surface area contributed by atoms with E-state index in [0.717, 1.165) is 23.1 Å². The van der Waals surface area contributed by atoms with E-state index < -0.39 is 0 Å². The number of phenolic OH excluding ortho intramolecular Hbond substituents is 1. The van der Waals surface area contributed by atoms with Crippen LogP contribution in [0.25, 0.3) is 0 Å². The average molecular weight is 281 g/mol. The van der Waals surface area contributed by atoms with Gasteiger partial charge in [-0.25, -0.2) is 0 Å². The average Bonchev–Trinajstić information content (AvgIpc) is 2.43. The molecule has 0 amide bonds. The molecule has 2 heteroatoms. The van der Waals surface area contributed by atoms with Crippen molar-refractivity contribution in [2.45, 2.75) is 40.5 Å². The van der Waals surface area contributed by atoms with Gasteiger partial charge in [0.2, 0.25) is 0 Å². The highest BCUT2D eigenvalue weighted by molar-refractivity contribution is 5.42. The fourth-order valence-corrected chi connectivity index (χ4v) is 2.06. The fourth-order valence-electron chi connectivity index (χ4n) is 2.06. The second kappa shape index (κ2) is 8.11. The van der Waals surface area contributed by atoms with Crippen LogP contribution < -0.4 is 0 Å². The molecule has 2 nitrogen and oxygen atoms in total. The van der Waals surface area contributed by atoms with Crippen LogP contribution in [0.2, 0.25) is 0 Å². The molecule has 0 bridgehead atoms. The van der Waals surface area contributed by atoms with Crippen molar-refractivity contribution < 1.29 is 5.11 Å². The predicted molar refractivity (Wildman–Crippen MR) is 87.5 cm³/mol. The lowest BCUT2D eigenvalue weighted by molar-refractivity contribution is 0.474. The maximum atomic E-state index is 9.38. The number of nitrogens with zero attached hydrogens (tertiary/aromatic N) is 1. The number of benzene rings is 2. The highest BCUT2D eigenvalue weighted by Crippen LogP contribution is 2.20. The second-order valence-electron chi connectivity index (χ2n) is 5.26. The zero-order chi connectivity index (χ0) is 15.8. The lowest BCUT2D eigenvalue weighted by Gasteiger charge is -2.08. The van der Waals surface area contributed by atoms with Crippen LogP contribution >= 0.6 is 0 Å². The van der Waals surface area contributed by atoms with E-state index in [1.807, 2.05) is 38.1 Å². The summed E-state index contributed by atoms with van der Waals surface area (Å²) in [6.07, 6.45) is 2.07. The van der Waals surface area contributed by atoms with Crippen molar-refractivity contribution in [2.75, 3.05) is 0 Å². The molecule has 110 valence electrons. The third kappa shape index (κ3) is 4.96. The third-order valence-corrected chi connectivity index (χ3v) is 3.13. The molecule has 1 N–H and O–H groups in total. The first-order chi connectivity index (χ1) is 10.0. The van der Waals surface area contributed by atoms with Gasteiger partial charge in [0.1, 0.15) is 5.75 Å². The lowest BCUT2D eigenvalue weighted by atomic mass is 9.97. The van der Waals surface area contributed by atoms with Gasteiger partial charge in [0.15, 0.2) is 0 Å². The smallest absolute Gasteiger partial charge is 0.115 e. The van der Waals surface area contributed by atoms with Gasteiger partial charge in [-0.15, -0.1) is 0 Å². The van der Waals surface area contributed by atoms with E-state index in [0.29, 0.717) is 5.75 Å². The molecule has 0 unspecified atom stereocenters. The van der Waals surface area contributed by atoms with Gasteiger partial charge in [-0.2, -0.15) is 5.26 Å². The Morgan fingerprint density at radius 2 is 1.67 bits per heavy atom. The molecule has 0 heterocycles. The third-order valence-electron chi connectivity index (χ3n) is 3.13. The van der Waals surface area contributed by atoms with Crippen molar-refractivity contribution in [2.24, 2.45) is 0 Å². The van der Waals surface area contributed by atoms with Gasteiger partial charge >= 0.3 is 0 Å². The molecular weight excluding hydrogens is 258 g/mol. The molecule has 0 fully saturated rings. The lowest BCUT2D eigenvalue weighted by Crippen LogP contribution is -1.93. The summed E-state index contributed by atoms with van der Waals surface area (Å²) in [6, 6.07) is 13.5. The number of aromatic hydroxyl groups is 1. The largest absolute Gasteiger partial charge is 0.508 e. The van der Waals surface area contributed by atoms with Crippen molar-refractivity contribution >= 4 is 0 Å². The summed E-state index contributed by atoms with van der Waals surface area (Å²) in [5.74, 6) is 0.298. The molecule has 2 rings (SSSR count). The first-order valence-electron chi connectivity index (χ1n) is 7.29. The predicted octanol–water partition coefficient (Wildman–Crippen LogP) is 4.89. The van der Waals surface area contributed by atoms with E-state index in [-0.39, 0.29) is 0 Å². The highest BCUT2D eigenvalue weighted by Gasteiger charge is 2.03. The Labute approximate surface area is 127 Å². The van der Waals surface area contributed by atoms with Crippen molar-refractivity contribution in [1.29, 1.82) is 5.26 Å². The summed E-state index contributed by atoms with van der Waals surface area (Å²) in [4.78, 5) is 0. The zero-order valence-corrected chi connectivity index (χ0v) is 13.3. The van der Waals surface area contributed by atoms with Crippen molar-refractivity contribution in [1.82, 2.24) is 0 Å². The normalized spacial score (nSPS) is 9.48. The van der Waals surface area contributed by atoms with Crippen LogP contribution in [-0.4, -0.2) is 5.11 Å². The van der Waals surface area contributed by atoms with E-state index in [1.54, 1.807) is 12.1 Å². The molecule has 2 aromatic carbocycles. The summed E-state index contributed by atoms with van der Waals surface area (Å²) in [5, 5.41) is 18.3. The molecule has 0 radical (unpaired) electrons. The highest BCUT2D eigenvalue weighted by atomic mass is 16.3. The molecular formula is C19H23NO. The molecule has 0 aliphatic carbocycles. The van der Waals surface area contributed by atoms with E-state index in [2.05, 4.69) is 19.9 Å². The standard InChI is InChI=1S/C16H15NO.C3H8/c1-11-7-13(3-4-15(11)10-17)9-14-5-6-16(18)8-12(14)2;1-3-2/h3-8,18H,9H2,1-2H3;3H2,1-2H3. The first-order valence-corrected chi connectivity index (χ1v) is 7.29. The molecule has 21 heavy (non-hydrogen) atoms. The number of aryl methyl sites for hydroxylation is 2. The Bertz CT molecular complexity index is 638. The summed E-state index contributed by atoms with van der Waals surface area (Å²) in [6.45, 7) is 8.19. The Balaban J connectivity index is 0.000000677. The van der Waals surface area contributed by atoms with Gasteiger partial charge in [-0.1, -0.05) is 38.5 Å². The summed E-state index contributed by atoms with van der Waals surface area (Å²) in [5.41, 5.74) is 5.18. The van der Waals surface area contributed by atoms with Gasteiger partial charge in [0.25, 0.3) is 0 Å². The minimum atomic E-state index is 0.298. The van der Waals surface area contributed by atoms with Gasteiger partial charge in [-0.05, 0) is 60.7 Å². The summed E-state index contributed by atoms with van der Waals surface area (Å²) < 4.78 is 0. The molecule has 0 aliphatic heterocycles. The number of nitriles is 1. The topological polar surface area (TPSA) is 44.0 Å². The summed E-state index contributed by atoms with van der Waals surface area (Å²) in [7, 11) is 0. The van der Waals surface area contributed by atoms with E-state index in [9.17, 15) is 5.11 Å². The summed E-state index contributed by atoms with van der Waals surface area (Å²) >= 11 is 0. The van der Waals surface area contributed by atoms with Crippen molar-refractivity contribution in [3.8, 4) is 11.8 Å². The Hall–Kier alpha value is -2.27. The Morgan fingerprint density at radius 1 is 1.00 bits per heavy atom. The van der Waals surface area contributed by atoms with Crippen molar-refractivity contribution in [3.63, 3.8) is 0 Å². The van der Waals surface area contributed by atoms with E-state index in [4.69, 9.17) is 5.26 Å². The quantitative estimate of drug-likeness (QED) is 0.852. The zero-order valence-electron chi connectivity index (χ0n) is 13.3. The van der Waals surface area contributed by atoms with Crippen LogP contribution in [0.3, 0.4) is 0 Å². The van der Waals surface area contributed by atoms with Crippen LogP contribution in [0, 0.1) is 25.2 Å². The minimum absolute atomic E-state index is 0.298. The Kier molecular flexibility index (Phi) is 6.49. The molecule has 0 saturated heterocycles. The molecule has 0 spiro atoms. The molecule has 0 saturated carbocycles. The second-order valence-corrected chi connectivity index (χ2v) is 5.26. The monoisotopic (exact) mass is 281 g/mol. The molecule has 2 aromatic rings. The van der Waals surface area contributed by atoms with Crippen LogP contribution in [0.4, 0.5) is 0 Å². The first kappa shape index (κ1) is 16.8. The maximum Gasteiger partial charge on any atom is 0.115 e. The number of rotatable bonds is 2. The number of hydrogen-bond donors (Lipinski definition) is 1. The van der Waals surface area contributed by atoms with Gasteiger partial charge in [0.05, 0.1) is 11.6 Å². The number of phenols is 1. The molecule has 0 aliphatic rings. The van der Waals surface area contributed by atoms with Crippen LogP contribution in [-0.2, 0) is 6.42 Å². The minimum Gasteiger partial charge on any atom is -0.508 e. The van der Waals surface area contributed by atoms with Crippen molar-refractivity contribution in [3.05, 3.63) is 64.2 Å². The van der Waals surface area contributed by atoms with E-state index in [1.165, 1.54) is 17.5 Å².